The molecule has 0 bridgehead atoms. The van der Waals surface area contributed by atoms with E-state index in [0.29, 0.717) is 25.1 Å². The van der Waals surface area contributed by atoms with Gasteiger partial charge in [-0.15, -0.1) is 11.3 Å². The van der Waals surface area contributed by atoms with E-state index in [1.807, 2.05) is 28.8 Å². The number of benzene rings is 1. The van der Waals surface area contributed by atoms with Gasteiger partial charge in [-0.05, 0) is 42.3 Å². The van der Waals surface area contributed by atoms with Crippen molar-refractivity contribution in [3.05, 3.63) is 81.4 Å². The average Bonchev–Trinajstić information content (AvgIpc) is 3.47. The number of pyridine rings is 1. The fourth-order valence-corrected chi connectivity index (χ4v) is 5.37. The molecule has 7 nitrogen and oxygen atoms in total. The number of nitrogens with zero attached hydrogens (tertiary/aromatic N) is 3. The van der Waals surface area contributed by atoms with Crippen LogP contribution in [0.4, 0.5) is 18.9 Å². The Hall–Kier alpha value is -3.86. The highest BCUT2D eigenvalue weighted by Gasteiger charge is 2.32. The Morgan fingerprint density at radius 2 is 2.06 bits per heavy atom. The van der Waals surface area contributed by atoms with Crippen LogP contribution in [0, 0.1) is 0 Å². The van der Waals surface area contributed by atoms with Crippen molar-refractivity contribution in [2.24, 2.45) is 0 Å². The van der Waals surface area contributed by atoms with Gasteiger partial charge in [0.2, 0.25) is 5.91 Å². The van der Waals surface area contributed by atoms with E-state index in [2.05, 4.69) is 10.3 Å². The number of rotatable bonds is 5. The molecule has 1 aliphatic rings. The minimum atomic E-state index is -4.52. The van der Waals surface area contributed by atoms with E-state index in [4.69, 9.17) is 4.74 Å². The van der Waals surface area contributed by atoms with Crippen molar-refractivity contribution < 1.29 is 27.5 Å². The summed E-state index contributed by atoms with van der Waals surface area (Å²) in [5, 5.41) is 4.38. The lowest BCUT2D eigenvalue weighted by Crippen LogP contribution is -2.37. The molecule has 0 spiro atoms. The molecule has 4 heterocycles. The highest BCUT2D eigenvalue weighted by atomic mass is 32.1. The zero-order valence-electron chi connectivity index (χ0n) is 19.1. The van der Waals surface area contributed by atoms with Crippen LogP contribution < -0.4 is 10.1 Å². The van der Waals surface area contributed by atoms with Crippen molar-refractivity contribution in [3.8, 4) is 5.75 Å². The summed E-state index contributed by atoms with van der Waals surface area (Å²) in [6.07, 6.45) is -0.227. The number of ether oxygens (including phenoxy) is 1. The Bertz CT molecular complexity index is 1460. The lowest BCUT2D eigenvalue weighted by Gasteiger charge is -2.27. The second-order valence-corrected chi connectivity index (χ2v) is 9.30. The molecule has 11 heteroatoms. The van der Waals surface area contributed by atoms with Crippen LogP contribution in [0.2, 0.25) is 0 Å². The summed E-state index contributed by atoms with van der Waals surface area (Å²) < 4.78 is 45.9. The maximum Gasteiger partial charge on any atom is 0.416 e. The second kappa shape index (κ2) is 9.30. The molecule has 0 atom stereocenters. The van der Waals surface area contributed by atoms with Gasteiger partial charge < -0.3 is 19.4 Å². The molecule has 0 fully saturated rings. The van der Waals surface area contributed by atoms with E-state index < -0.39 is 17.6 Å². The Labute approximate surface area is 208 Å². The molecule has 0 aliphatic carbocycles. The topological polar surface area (TPSA) is 75.9 Å². The highest BCUT2D eigenvalue weighted by molar-refractivity contribution is 7.10. The molecule has 1 aromatic carbocycles. The summed E-state index contributed by atoms with van der Waals surface area (Å²) in [6, 6.07) is 8.57. The number of amides is 2. The summed E-state index contributed by atoms with van der Waals surface area (Å²) in [6.45, 7) is 0.857. The van der Waals surface area contributed by atoms with Crippen LogP contribution in [-0.4, -0.2) is 39.8 Å². The zero-order valence-corrected chi connectivity index (χ0v) is 19.9. The lowest BCUT2D eigenvalue weighted by molar-refractivity contribution is -0.137. The smallest absolute Gasteiger partial charge is 0.416 e. The Morgan fingerprint density at radius 3 is 2.83 bits per heavy atom. The van der Waals surface area contributed by atoms with Crippen molar-refractivity contribution in [1.29, 1.82) is 0 Å². The van der Waals surface area contributed by atoms with Crippen LogP contribution in [0.5, 0.6) is 5.75 Å². The Balaban J connectivity index is 1.28. The molecule has 0 saturated carbocycles. The van der Waals surface area contributed by atoms with Crippen LogP contribution in [0.25, 0.3) is 5.65 Å². The first-order valence-corrected chi connectivity index (χ1v) is 12.0. The molecule has 1 N–H and O–H groups in total. The van der Waals surface area contributed by atoms with Crippen molar-refractivity contribution in [2.75, 3.05) is 19.0 Å². The van der Waals surface area contributed by atoms with Gasteiger partial charge in [0.05, 0.1) is 42.6 Å². The third-order valence-electron chi connectivity index (χ3n) is 6.15. The summed E-state index contributed by atoms with van der Waals surface area (Å²) in [4.78, 5) is 33.0. The predicted molar refractivity (Wildman–Crippen MR) is 128 cm³/mol. The van der Waals surface area contributed by atoms with Gasteiger partial charge in [0.1, 0.15) is 11.4 Å². The third-order valence-corrected chi connectivity index (χ3v) is 7.16. The number of nitrogens with one attached hydrogen (secondary N) is 1. The van der Waals surface area contributed by atoms with Gasteiger partial charge in [-0.25, -0.2) is 4.98 Å². The number of aromatic nitrogens is 2. The normalized spacial score (nSPS) is 13.5. The number of hydrogen-bond acceptors (Lipinski definition) is 5. The van der Waals surface area contributed by atoms with Gasteiger partial charge in [0, 0.05) is 29.2 Å². The van der Waals surface area contributed by atoms with Crippen molar-refractivity contribution in [3.63, 3.8) is 0 Å². The summed E-state index contributed by atoms with van der Waals surface area (Å²) >= 11 is 1.39. The summed E-state index contributed by atoms with van der Waals surface area (Å²) in [5.41, 5.74) is 2.17. The van der Waals surface area contributed by atoms with E-state index in [1.165, 1.54) is 24.5 Å². The van der Waals surface area contributed by atoms with Crippen LogP contribution in [-0.2, 0) is 30.4 Å². The predicted octanol–water partition coefficient (Wildman–Crippen LogP) is 4.80. The molecule has 5 rings (SSSR count). The fraction of sp³-hybridized carbons (Fsp3) is 0.240. The Morgan fingerprint density at radius 1 is 1.22 bits per heavy atom. The second-order valence-electron chi connectivity index (χ2n) is 8.34. The average molecular weight is 515 g/mol. The van der Waals surface area contributed by atoms with Gasteiger partial charge in [0.25, 0.3) is 5.91 Å². The van der Waals surface area contributed by atoms with Crippen molar-refractivity contribution in [2.45, 2.75) is 25.6 Å². The molecule has 0 radical (unpaired) electrons. The van der Waals surface area contributed by atoms with Crippen molar-refractivity contribution >= 4 is 34.5 Å². The number of anilines is 1. The molecular formula is C25H21F3N4O3S. The molecule has 2 amide bonds. The number of alkyl halides is 3. The number of methoxy groups -OCH3 is 1. The monoisotopic (exact) mass is 514 g/mol. The minimum Gasteiger partial charge on any atom is -0.495 e. The molecular weight excluding hydrogens is 493 g/mol. The number of carbonyl (C=O) groups is 2. The van der Waals surface area contributed by atoms with E-state index >= 15 is 0 Å². The first kappa shape index (κ1) is 23.9. The maximum absolute atomic E-state index is 13.0. The van der Waals surface area contributed by atoms with Crippen molar-refractivity contribution in [1.82, 2.24) is 14.3 Å². The number of carbonyl (C=O) groups excluding carboxylic acids is 2. The molecule has 36 heavy (non-hydrogen) atoms. The van der Waals surface area contributed by atoms with Crippen LogP contribution >= 0.6 is 11.3 Å². The number of imidazole rings is 1. The molecule has 186 valence electrons. The number of hydrogen-bond donors (Lipinski definition) is 1. The van der Waals surface area contributed by atoms with Gasteiger partial charge in [-0.2, -0.15) is 13.2 Å². The van der Waals surface area contributed by atoms with Gasteiger partial charge in [0.15, 0.2) is 0 Å². The van der Waals surface area contributed by atoms with E-state index in [1.54, 1.807) is 16.5 Å². The van der Waals surface area contributed by atoms with Gasteiger partial charge in [-0.3, -0.25) is 9.59 Å². The largest absolute Gasteiger partial charge is 0.495 e. The standard InChI is InChI=1S/C25H21F3N4O3S/c1-35-20-10-15(25(26,27)28)5-6-19(20)30-24(34)18-14-36-21-13-31(9-7-17(18)21)23(33)11-16-12-29-22-4-2-3-8-32(16)22/h2-6,8,10,12,14H,7,9,11,13H2,1H3,(H,30,34). The molecule has 1 aliphatic heterocycles. The van der Waals surface area contributed by atoms with E-state index in [-0.39, 0.29) is 23.8 Å². The lowest BCUT2D eigenvalue weighted by atomic mass is 10.0. The number of fused-ring (bicyclic) bond motifs is 2. The maximum atomic E-state index is 13.0. The van der Waals surface area contributed by atoms with Crippen LogP contribution in [0.1, 0.15) is 32.1 Å². The highest BCUT2D eigenvalue weighted by Crippen LogP contribution is 2.36. The van der Waals surface area contributed by atoms with Crippen LogP contribution in [0.15, 0.2) is 54.2 Å². The number of thiophene rings is 1. The van der Waals surface area contributed by atoms with Crippen LogP contribution in [0.3, 0.4) is 0 Å². The molecule has 4 aromatic rings. The number of halogens is 3. The zero-order chi connectivity index (χ0) is 25.4. The summed E-state index contributed by atoms with van der Waals surface area (Å²) in [7, 11) is 1.25. The SMILES string of the molecule is COc1cc(C(F)(F)F)ccc1NC(=O)c1csc2c1CCN(C(=O)Cc1cnc3ccccn13)C2. The first-order chi connectivity index (χ1) is 17.2. The third kappa shape index (κ3) is 4.53. The van der Waals surface area contributed by atoms with E-state index in [0.717, 1.165) is 33.9 Å². The fourth-order valence-electron chi connectivity index (χ4n) is 4.27. The molecule has 0 saturated heterocycles. The summed E-state index contributed by atoms with van der Waals surface area (Å²) in [5.74, 6) is -0.539. The quantitative estimate of drug-likeness (QED) is 0.415. The minimum absolute atomic E-state index is 0.0276. The molecule has 3 aromatic heterocycles. The first-order valence-electron chi connectivity index (χ1n) is 11.1. The molecule has 0 unspecified atom stereocenters. The Kier molecular flexibility index (Phi) is 6.17. The van der Waals surface area contributed by atoms with E-state index in [9.17, 15) is 22.8 Å². The van der Waals surface area contributed by atoms with Gasteiger partial charge in [-0.1, -0.05) is 6.07 Å². The van der Waals surface area contributed by atoms with Gasteiger partial charge >= 0.3 is 6.18 Å².